The monoisotopic (exact) mass is 426 g/mol. The van der Waals surface area contributed by atoms with Gasteiger partial charge in [0.05, 0.1) is 11.4 Å². The molecule has 0 aliphatic carbocycles. The number of hydrogen-bond acceptors (Lipinski definition) is 5. The van der Waals surface area contributed by atoms with Crippen LogP contribution in [0, 0.1) is 13.8 Å². The lowest BCUT2D eigenvalue weighted by Crippen LogP contribution is -2.37. The number of hydrogen-bond donors (Lipinski definition) is 2. The second-order valence-corrected chi connectivity index (χ2v) is 7.62. The first kappa shape index (κ1) is 22.7. The molecule has 5 heteroatoms. The zero-order chi connectivity index (χ0) is 23.1. The first-order valence-electron chi connectivity index (χ1n) is 10.4. The number of phenols is 1. The molecular weight excluding hydrogens is 400 g/mol. The Hall–Kier alpha value is -3.99. The van der Waals surface area contributed by atoms with Gasteiger partial charge in [0.15, 0.2) is 0 Å². The Bertz CT molecular complexity index is 1270. The predicted molar refractivity (Wildman–Crippen MR) is 131 cm³/mol. The first-order valence-corrected chi connectivity index (χ1v) is 10.4. The number of aromatic hydroxyl groups is 1. The van der Waals surface area contributed by atoms with E-state index in [4.69, 9.17) is 5.11 Å². The molecule has 1 heterocycles. The van der Waals surface area contributed by atoms with Gasteiger partial charge < -0.3 is 10.4 Å². The maximum atomic E-state index is 11.3. The summed E-state index contributed by atoms with van der Waals surface area (Å²) in [5, 5.41) is 12.2. The van der Waals surface area contributed by atoms with Crippen molar-refractivity contribution < 1.29 is 5.11 Å². The van der Waals surface area contributed by atoms with Gasteiger partial charge in [-0.1, -0.05) is 48.5 Å². The van der Waals surface area contributed by atoms with Gasteiger partial charge in [-0.25, -0.2) is 0 Å². The number of nitrogens with one attached hydrogen (secondary N) is 1. The molecule has 0 spiro atoms. The number of pyridine rings is 1. The minimum absolute atomic E-state index is 0.0307. The van der Waals surface area contributed by atoms with Gasteiger partial charge in [-0.15, -0.1) is 0 Å². The summed E-state index contributed by atoms with van der Waals surface area (Å²) >= 11 is 0. The van der Waals surface area contributed by atoms with E-state index in [1.165, 1.54) is 5.56 Å². The molecule has 0 aliphatic rings. The standard InChI is InChI=1S/C14H13NO.C13H13NO2/c1-11-8-9-15-13(10-11)5-2-12-3-6-14(16)7-4-12;1-8-11(13(16)12(8)15)14-9(2)10-6-4-3-5-7-10/h2-10,16H,1H3;3-7,9,14H,1-2H3/b5-2+;/t;9-/m.1/s1. The highest BCUT2D eigenvalue weighted by Crippen LogP contribution is 2.18. The molecule has 4 rings (SSSR count). The molecule has 4 aromatic rings. The molecule has 0 saturated heterocycles. The lowest BCUT2D eigenvalue weighted by Gasteiger charge is -2.17. The van der Waals surface area contributed by atoms with E-state index >= 15 is 0 Å². The molecule has 3 aromatic carbocycles. The van der Waals surface area contributed by atoms with Crippen LogP contribution in [0.3, 0.4) is 0 Å². The van der Waals surface area contributed by atoms with Crippen molar-refractivity contribution in [2.75, 3.05) is 5.32 Å². The van der Waals surface area contributed by atoms with Gasteiger partial charge in [0.25, 0.3) is 0 Å². The summed E-state index contributed by atoms with van der Waals surface area (Å²) in [7, 11) is 0. The molecule has 0 aliphatic heterocycles. The van der Waals surface area contributed by atoms with Gasteiger partial charge in [0.2, 0.25) is 10.9 Å². The molecule has 0 amide bonds. The van der Waals surface area contributed by atoms with Crippen molar-refractivity contribution in [2.24, 2.45) is 0 Å². The van der Waals surface area contributed by atoms with Crippen LogP contribution in [0.2, 0.25) is 0 Å². The molecule has 1 atom stereocenters. The fraction of sp³-hybridized carbons (Fsp3) is 0.148. The zero-order valence-electron chi connectivity index (χ0n) is 18.4. The Morgan fingerprint density at radius 1 is 0.906 bits per heavy atom. The van der Waals surface area contributed by atoms with Crippen molar-refractivity contribution >= 4 is 17.8 Å². The highest BCUT2D eigenvalue weighted by molar-refractivity contribution is 5.68. The van der Waals surface area contributed by atoms with Crippen molar-refractivity contribution in [3.8, 4) is 5.75 Å². The van der Waals surface area contributed by atoms with Crippen molar-refractivity contribution in [1.29, 1.82) is 0 Å². The summed E-state index contributed by atoms with van der Waals surface area (Å²) in [6.45, 7) is 5.68. The number of aryl methyl sites for hydroxylation is 1. The Balaban J connectivity index is 0.000000181. The molecule has 0 radical (unpaired) electrons. The summed E-state index contributed by atoms with van der Waals surface area (Å²) < 4.78 is 0. The highest BCUT2D eigenvalue weighted by atomic mass is 16.3. The van der Waals surface area contributed by atoms with E-state index in [0.717, 1.165) is 16.8 Å². The Morgan fingerprint density at radius 3 is 2.22 bits per heavy atom. The van der Waals surface area contributed by atoms with Crippen LogP contribution in [-0.4, -0.2) is 10.1 Å². The molecular formula is C27H26N2O3. The number of nitrogens with zero attached hydrogens (tertiary/aromatic N) is 1. The minimum atomic E-state index is -0.403. The molecule has 162 valence electrons. The smallest absolute Gasteiger partial charge is 0.249 e. The molecule has 0 saturated carbocycles. The average Bonchev–Trinajstić information content (AvgIpc) is 2.82. The molecule has 1 aromatic heterocycles. The van der Waals surface area contributed by atoms with Crippen molar-refractivity contribution in [1.82, 2.24) is 4.98 Å². The average molecular weight is 427 g/mol. The van der Waals surface area contributed by atoms with Crippen LogP contribution in [0.25, 0.3) is 12.2 Å². The third-order valence-electron chi connectivity index (χ3n) is 5.09. The quantitative estimate of drug-likeness (QED) is 0.438. The predicted octanol–water partition coefficient (Wildman–Crippen LogP) is 5.03. The summed E-state index contributed by atoms with van der Waals surface area (Å²) in [6.07, 6.45) is 5.73. The van der Waals surface area contributed by atoms with Gasteiger partial charge in [0, 0.05) is 17.8 Å². The van der Waals surface area contributed by atoms with Crippen molar-refractivity contribution in [3.05, 3.63) is 121 Å². The Labute approximate surface area is 187 Å². The minimum Gasteiger partial charge on any atom is -0.508 e. The van der Waals surface area contributed by atoms with Crippen LogP contribution in [0.5, 0.6) is 5.75 Å². The molecule has 32 heavy (non-hydrogen) atoms. The van der Waals surface area contributed by atoms with Crippen molar-refractivity contribution in [3.63, 3.8) is 0 Å². The van der Waals surface area contributed by atoms with Crippen LogP contribution in [-0.2, 0) is 0 Å². The zero-order valence-corrected chi connectivity index (χ0v) is 18.4. The van der Waals surface area contributed by atoms with Gasteiger partial charge in [-0.3, -0.25) is 14.6 Å². The maximum absolute atomic E-state index is 11.3. The maximum Gasteiger partial charge on any atom is 0.249 e. The third kappa shape index (κ3) is 5.79. The van der Waals surface area contributed by atoms with E-state index in [1.807, 2.05) is 80.6 Å². The van der Waals surface area contributed by atoms with Gasteiger partial charge in [0.1, 0.15) is 5.75 Å². The van der Waals surface area contributed by atoms with Crippen LogP contribution in [0.4, 0.5) is 5.69 Å². The fourth-order valence-electron chi connectivity index (χ4n) is 3.14. The van der Waals surface area contributed by atoms with Crippen LogP contribution >= 0.6 is 0 Å². The second-order valence-electron chi connectivity index (χ2n) is 7.62. The van der Waals surface area contributed by atoms with E-state index in [1.54, 1.807) is 25.3 Å². The van der Waals surface area contributed by atoms with E-state index in [0.29, 0.717) is 11.3 Å². The third-order valence-corrected chi connectivity index (χ3v) is 5.09. The van der Waals surface area contributed by atoms with Crippen LogP contribution < -0.4 is 16.2 Å². The number of aromatic nitrogens is 1. The fourth-order valence-corrected chi connectivity index (χ4v) is 3.14. The summed E-state index contributed by atoms with van der Waals surface area (Å²) in [4.78, 5) is 26.5. The number of rotatable bonds is 5. The lowest BCUT2D eigenvalue weighted by atomic mass is 10.1. The highest BCUT2D eigenvalue weighted by Gasteiger charge is 2.18. The summed E-state index contributed by atoms with van der Waals surface area (Å²) in [6, 6.07) is 20.9. The Morgan fingerprint density at radius 2 is 1.59 bits per heavy atom. The van der Waals surface area contributed by atoms with E-state index < -0.39 is 5.43 Å². The van der Waals surface area contributed by atoms with E-state index in [-0.39, 0.29) is 17.2 Å². The van der Waals surface area contributed by atoms with Crippen molar-refractivity contribution in [2.45, 2.75) is 26.8 Å². The Kier molecular flexibility index (Phi) is 7.34. The molecule has 0 bridgehead atoms. The lowest BCUT2D eigenvalue weighted by molar-refractivity contribution is 0.475. The largest absolute Gasteiger partial charge is 0.508 e. The molecule has 0 fully saturated rings. The number of benzene rings is 2. The number of phenolic OH excluding ortho intramolecular Hbond substituents is 1. The first-order chi connectivity index (χ1) is 15.3. The SMILES string of the molecule is Cc1c(N[C@H](C)c2ccccc2)c(=O)c1=O.Cc1ccnc(/C=C/c2ccc(O)cc2)c1. The topological polar surface area (TPSA) is 79.3 Å². The summed E-state index contributed by atoms with van der Waals surface area (Å²) in [5.74, 6) is 0.283. The molecule has 2 N–H and O–H groups in total. The van der Waals surface area contributed by atoms with E-state index in [2.05, 4.69) is 10.3 Å². The molecule has 5 nitrogen and oxygen atoms in total. The summed E-state index contributed by atoms with van der Waals surface area (Å²) in [5.41, 5.74) is 4.49. The van der Waals surface area contributed by atoms with Gasteiger partial charge in [-0.05, 0) is 67.8 Å². The normalized spacial score (nSPS) is 11.7. The van der Waals surface area contributed by atoms with Crippen LogP contribution in [0.1, 0.15) is 40.9 Å². The van der Waals surface area contributed by atoms with Gasteiger partial charge >= 0.3 is 0 Å². The van der Waals surface area contributed by atoms with E-state index in [9.17, 15) is 9.59 Å². The van der Waals surface area contributed by atoms with Crippen LogP contribution in [0.15, 0.2) is 82.5 Å². The second kappa shape index (κ2) is 10.4. The molecule has 0 unspecified atom stereocenters. The van der Waals surface area contributed by atoms with Gasteiger partial charge in [-0.2, -0.15) is 0 Å². The number of anilines is 1.